The van der Waals surface area contributed by atoms with Gasteiger partial charge in [-0.25, -0.2) is 0 Å². The lowest BCUT2D eigenvalue weighted by molar-refractivity contribution is 0.379. The van der Waals surface area contributed by atoms with Crippen LogP contribution in [0.5, 0.6) is 0 Å². The summed E-state index contributed by atoms with van der Waals surface area (Å²) >= 11 is 4.50. The maximum atomic E-state index is 12.4. The van der Waals surface area contributed by atoms with E-state index in [9.17, 15) is 4.55 Å². The number of hydrogen-bond donors (Lipinski definition) is 1. The third-order valence-corrected chi connectivity index (χ3v) is 4.44. The normalized spacial score (nSPS) is 16.6. The van der Waals surface area contributed by atoms with E-state index in [0.29, 0.717) is 5.88 Å². The van der Waals surface area contributed by atoms with Crippen molar-refractivity contribution >= 4 is 23.0 Å². The van der Waals surface area contributed by atoms with Gasteiger partial charge in [-0.2, -0.15) is 0 Å². The molecule has 0 saturated carbocycles. The van der Waals surface area contributed by atoms with Crippen LogP contribution in [0.25, 0.3) is 0 Å². The highest BCUT2D eigenvalue weighted by atomic mass is 35.5. The fraction of sp³-hybridized carbons (Fsp3) is 0.750. The predicted octanol–water partition coefficient (Wildman–Crippen LogP) is 4.93. The van der Waals surface area contributed by atoms with Gasteiger partial charge >= 0.3 is 0 Å². The van der Waals surface area contributed by atoms with Gasteiger partial charge in [0, 0.05) is 12.3 Å². The number of rotatable bonds is 9. The van der Waals surface area contributed by atoms with E-state index in [-0.39, 0.29) is 11.5 Å². The summed E-state index contributed by atoms with van der Waals surface area (Å²) < 4.78 is 15.5. The van der Waals surface area contributed by atoms with Crippen molar-refractivity contribution in [3.05, 3.63) is 23.1 Å². The summed E-state index contributed by atoms with van der Waals surface area (Å²) in [7, 11) is 0. The van der Waals surface area contributed by atoms with Gasteiger partial charge in [0.25, 0.3) is 0 Å². The maximum Gasteiger partial charge on any atom is 0.147 e. The Labute approximate surface area is 133 Å². The molecule has 0 rings (SSSR count). The summed E-state index contributed by atoms with van der Waals surface area (Å²) in [4.78, 5) is 1.02. The Morgan fingerprint density at radius 3 is 2.55 bits per heavy atom. The summed E-state index contributed by atoms with van der Waals surface area (Å²) in [6.45, 7) is 10.8. The number of hydrogen-bond acceptors (Lipinski definition) is 2. The smallest absolute Gasteiger partial charge is 0.147 e. The van der Waals surface area contributed by atoms with Crippen molar-refractivity contribution in [1.82, 2.24) is 4.72 Å². The Kier molecular flexibility index (Phi) is 10.7. The second-order valence-corrected chi connectivity index (χ2v) is 7.88. The number of alkyl halides is 1. The Morgan fingerprint density at radius 1 is 1.40 bits per heavy atom. The highest BCUT2D eigenvalue weighted by Crippen LogP contribution is 2.26. The summed E-state index contributed by atoms with van der Waals surface area (Å²) in [6.07, 6.45) is 9.95. The Balaban J connectivity index is 4.56. The van der Waals surface area contributed by atoms with E-state index in [1.807, 2.05) is 19.1 Å². The third-order valence-electron chi connectivity index (χ3n) is 2.83. The first-order valence-electron chi connectivity index (χ1n) is 7.39. The first-order chi connectivity index (χ1) is 9.30. The lowest BCUT2D eigenvalue weighted by Gasteiger charge is -2.21. The van der Waals surface area contributed by atoms with Crippen LogP contribution in [-0.2, 0) is 11.4 Å². The van der Waals surface area contributed by atoms with Gasteiger partial charge in [0.2, 0.25) is 0 Å². The topological polar surface area (TPSA) is 35.1 Å². The molecule has 0 aliphatic heterocycles. The maximum absolute atomic E-state index is 12.4. The minimum absolute atomic E-state index is 0.0641. The van der Waals surface area contributed by atoms with Crippen LogP contribution in [0.1, 0.15) is 60.3 Å². The van der Waals surface area contributed by atoms with Crippen LogP contribution in [0.3, 0.4) is 0 Å². The summed E-state index contributed by atoms with van der Waals surface area (Å²) in [6, 6.07) is 0.0641. The summed E-state index contributed by atoms with van der Waals surface area (Å²) in [5.41, 5.74) is 0.264. The van der Waals surface area contributed by atoms with Crippen LogP contribution >= 0.6 is 11.6 Å². The first-order valence-corrected chi connectivity index (χ1v) is 9.08. The Bertz CT molecular complexity index is 310. The van der Waals surface area contributed by atoms with Crippen LogP contribution in [0.2, 0.25) is 0 Å². The molecule has 0 aliphatic carbocycles. The molecule has 0 saturated heterocycles. The average Bonchev–Trinajstić information content (AvgIpc) is 2.35. The molecule has 118 valence electrons. The lowest BCUT2D eigenvalue weighted by Crippen LogP contribution is -2.32. The summed E-state index contributed by atoms with van der Waals surface area (Å²) in [5.74, 6) is 0.487. The molecule has 0 aromatic rings. The summed E-state index contributed by atoms with van der Waals surface area (Å²) in [5, 5.41) is 0. The fourth-order valence-corrected chi connectivity index (χ4v) is 2.84. The molecule has 0 aromatic heterocycles. The molecule has 2 atom stereocenters. The highest BCUT2D eigenvalue weighted by Gasteiger charge is 2.20. The van der Waals surface area contributed by atoms with E-state index < -0.39 is 11.4 Å². The van der Waals surface area contributed by atoms with Crippen LogP contribution < -0.4 is 4.72 Å². The van der Waals surface area contributed by atoms with Gasteiger partial charge in [0.15, 0.2) is 0 Å². The molecule has 1 N–H and O–H groups in total. The second kappa shape index (κ2) is 10.7. The van der Waals surface area contributed by atoms with Crippen molar-refractivity contribution in [1.29, 1.82) is 0 Å². The molecule has 20 heavy (non-hydrogen) atoms. The molecule has 0 amide bonds. The van der Waals surface area contributed by atoms with E-state index in [4.69, 9.17) is 11.6 Å². The van der Waals surface area contributed by atoms with Crippen LogP contribution in [0, 0.1) is 5.41 Å². The van der Waals surface area contributed by atoms with E-state index in [2.05, 4.69) is 38.5 Å². The van der Waals surface area contributed by atoms with E-state index in [1.54, 1.807) is 0 Å². The van der Waals surface area contributed by atoms with Crippen LogP contribution in [0.4, 0.5) is 0 Å². The third kappa shape index (κ3) is 10.8. The molecule has 0 fully saturated rings. The number of nitrogens with one attached hydrogen (secondary N) is 1. The average molecular weight is 320 g/mol. The van der Waals surface area contributed by atoms with Crippen molar-refractivity contribution in [2.45, 2.75) is 66.3 Å². The molecule has 0 radical (unpaired) electrons. The predicted molar refractivity (Wildman–Crippen MR) is 92.3 cm³/mol. The van der Waals surface area contributed by atoms with Gasteiger partial charge in [-0.15, -0.1) is 16.3 Å². The zero-order valence-electron chi connectivity index (χ0n) is 13.5. The van der Waals surface area contributed by atoms with E-state index >= 15 is 0 Å². The first kappa shape index (κ1) is 20.0. The van der Waals surface area contributed by atoms with Gasteiger partial charge in [0.1, 0.15) is 4.91 Å². The molecule has 0 bridgehead atoms. The van der Waals surface area contributed by atoms with Gasteiger partial charge in [-0.1, -0.05) is 46.3 Å². The molecule has 0 aliphatic rings. The number of allylic oxidation sites excluding steroid dienone is 3. The van der Waals surface area contributed by atoms with Gasteiger partial charge in [-0.3, -0.25) is 0 Å². The lowest BCUT2D eigenvalue weighted by atomic mass is 9.90. The number of unbranched alkanes of at least 4 members (excludes halogenated alkanes) is 1. The zero-order chi connectivity index (χ0) is 15.6. The molecule has 0 heterocycles. The molecular formula is C16H30ClNOS. The molecule has 0 aromatic carbocycles. The fourth-order valence-electron chi connectivity index (χ4n) is 1.61. The molecule has 4 heteroatoms. The van der Waals surface area contributed by atoms with Gasteiger partial charge in [0.05, 0.1) is 17.4 Å². The van der Waals surface area contributed by atoms with Crippen LogP contribution in [-0.4, -0.2) is 16.5 Å². The van der Waals surface area contributed by atoms with Crippen LogP contribution in [0.15, 0.2) is 23.1 Å². The van der Waals surface area contributed by atoms with E-state index in [0.717, 1.165) is 30.6 Å². The van der Waals surface area contributed by atoms with E-state index in [1.165, 1.54) is 0 Å². The van der Waals surface area contributed by atoms with Crippen molar-refractivity contribution in [2.24, 2.45) is 5.41 Å². The standard InChI is InChI=1S/C16H30ClNOS/c1-6-7-10-15(11-12-16(3,4)5)20(19)18-14(2)9-8-13-17/h8-10,14,18H,6-7,11-13H2,1-5H3/b9-8-,15-10+. The minimum atomic E-state index is -1.11. The van der Waals surface area contributed by atoms with Crippen molar-refractivity contribution in [2.75, 3.05) is 5.88 Å². The van der Waals surface area contributed by atoms with Crippen molar-refractivity contribution < 1.29 is 4.55 Å². The highest BCUT2D eigenvalue weighted by molar-refractivity contribution is 7.93. The number of halogens is 1. The molecular weight excluding hydrogens is 290 g/mol. The minimum Gasteiger partial charge on any atom is -0.593 e. The zero-order valence-corrected chi connectivity index (χ0v) is 15.1. The molecule has 2 unspecified atom stereocenters. The van der Waals surface area contributed by atoms with Gasteiger partial charge in [-0.05, 0) is 31.3 Å². The molecule has 2 nitrogen and oxygen atoms in total. The monoisotopic (exact) mass is 319 g/mol. The van der Waals surface area contributed by atoms with Crippen molar-refractivity contribution in [3.63, 3.8) is 0 Å². The quantitative estimate of drug-likeness (QED) is 0.371. The second-order valence-electron chi connectivity index (χ2n) is 6.28. The van der Waals surface area contributed by atoms with Crippen molar-refractivity contribution in [3.8, 4) is 0 Å². The van der Waals surface area contributed by atoms with Gasteiger partial charge < -0.3 is 4.55 Å². The Morgan fingerprint density at radius 2 is 2.05 bits per heavy atom. The SMILES string of the molecule is CCC/C=C(\CCC(C)(C)C)[S+]([O-])NC(C)/C=C\CCl. The largest absolute Gasteiger partial charge is 0.593 e. The molecule has 0 spiro atoms. The Hall–Kier alpha value is 0.0400.